The van der Waals surface area contributed by atoms with Crippen LogP contribution >= 0.6 is 11.3 Å². The van der Waals surface area contributed by atoms with Gasteiger partial charge in [-0.15, -0.1) is 11.3 Å². The molecule has 1 aromatic heterocycles. The van der Waals surface area contributed by atoms with Crippen molar-refractivity contribution in [2.45, 2.75) is 13.1 Å². The van der Waals surface area contributed by atoms with Crippen LogP contribution in [-0.2, 0) is 17.8 Å². The number of ether oxygens (including phenoxy) is 1. The number of esters is 1. The molecule has 0 aliphatic rings. The summed E-state index contributed by atoms with van der Waals surface area (Å²) < 4.78 is 4.81. The highest BCUT2D eigenvalue weighted by molar-refractivity contribution is 7.09. The van der Waals surface area contributed by atoms with Crippen LogP contribution in [0.15, 0.2) is 66.2 Å². The fourth-order valence-corrected chi connectivity index (χ4v) is 3.26. The molecule has 3 aromatic rings. The number of methoxy groups -OCH3 is 1. The van der Waals surface area contributed by atoms with Crippen molar-refractivity contribution in [1.29, 1.82) is 0 Å². The van der Waals surface area contributed by atoms with Crippen molar-refractivity contribution in [2.75, 3.05) is 7.11 Å². The first-order chi connectivity index (χ1) is 12.7. The second-order valence-electron chi connectivity index (χ2n) is 5.61. The number of rotatable bonds is 6. The normalized spacial score (nSPS) is 10.3. The lowest BCUT2D eigenvalue weighted by atomic mass is 10.1. The number of carbonyl (C=O) groups excluding carboxylic acids is 2. The molecular weight excluding hydrogens is 348 g/mol. The molecule has 0 aliphatic heterocycles. The Bertz CT molecular complexity index is 879. The lowest BCUT2D eigenvalue weighted by molar-refractivity contribution is 0.0588. The number of carbonyl (C=O) groups is 2. The van der Waals surface area contributed by atoms with E-state index in [0.717, 1.165) is 10.6 Å². The van der Waals surface area contributed by atoms with Crippen LogP contribution in [0.2, 0.25) is 0 Å². The zero-order valence-electron chi connectivity index (χ0n) is 14.3. The van der Waals surface area contributed by atoms with E-state index in [1.165, 1.54) is 18.4 Å². The summed E-state index contributed by atoms with van der Waals surface area (Å²) in [4.78, 5) is 31.2. The maximum atomic E-state index is 13.2. The van der Waals surface area contributed by atoms with E-state index >= 15 is 0 Å². The molecule has 1 amide bonds. The molecule has 0 fully saturated rings. The molecule has 0 saturated heterocycles. The highest BCUT2D eigenvalue weighted by atomic mass is 32.1. The molecule has 0 radical (unpaired) electrons. The highest BCUT2D eigenvalue weighted by Gasteiger charge is 2.23. The standard InChI is InChI=1S/C20H18N2O3S/c1-25-20(24)17-10-6-5-9-16(17)19(23)22(14-18-21-11-12-26-18)13-15-7-3-2-4-8-15/h2-12H,13-14H2,1H3. The maximum Gasteiger partial charge on any atom is 0.338 e. The third-order valence-electron chi connectivity index (χ3n) is 3.88. The van der Waals surface area contributed by atoms with E-state index in [2.05, 4.69) is 4.98 Å². The van der Waals surface area contributed by atoms with Gasteiger partial charge in [-0.3, -0.25) is 4.79 Å². The van der Waals surface area contributed by atoms with Crippen LogP contribution in [0.4, 0.5) is 0 Å². The molecule has 5 nitrogen and oxygen atoms in total. The van der Waals surface area contributed by atoms with Crippen molar-refractivity contribution in [2.24, 2.45) is 0 Å². The monoisotopic (exact) mass is 366 g/mol. The number of hydrogen-bond donors (Lipinski definition) is 0. The first-order valence-corrected chi connectivity index (χ1v) is 8.96. The van der Waals surface area contributed by atoms with E-state index in [9.17, 15) is 9.59 Å². The van der Waals surface area contributed by atoms with Gasteiger partial charge in [-0.2, -0.15) is 0 Å². The molecule has 6 heteroatoms. The van der Waals surface area contributed by atoms with E-state index in [-0.39, 0.29) is 11.5 Å². The molecule has 0 bridgehead atoms. The zero-order chi connectivity index (χ0) is 18.4. The Labute approximate surface area is 155 Å². The SMILES string of the molecule is COC(=O)c1ccccc1C(=O)N(Cc1ccccc1)Cc1nccs1. The quantitative estimate of drug-likeness (QED) is 0.623. The summed E-state index contributed by atoms with van der Waals surface area (Å²) >= 11 is 1.49. The third kappa shape index (κ3) is 4.15. The van der Waals surface area contributed by atoms with Crippen LogP contribution in [-0.4, -0.2) is 28.9 Å². The smallest absolute Gasteiger partial charge is 0.338 e. The van der Waals surface area contributed by atoms with Gasteiger partial charge >= 0.3 is 5.97 Å². The van der Waals surface area contributed by atoms with Crippen LogP contribution in [0.1, 0.15) is 31.3 Å². The molecule has 0 aliphatic carbocycles. The predicted octanol–water partition coefficient (Wildman–Crippen LogP) is 3.77. The van der Waals surface area contributed by atoms with Gasteiger partial charge in [0.2, 0.25) is 0 Å². The van der Waals surface area contributed by atoms with Gasteiger partial charge in [0.1, 0.15) is 5.01 Å². The zero-order valence-corrected chi connectivity index (χ0v) is 15.1. The fourth-order valence-electron chi connectivity index (χ4n) is 2.63. The minimum absolute atomic E-state index is 0.231. The highest BCUT2D eigenvalue weighted by Crippen LogP contribution is 2.18. The Morgan fingerprint density at radius 2 is 1.69 bits per heavy atom. The van der Waals surface area contributed by atoms with Gasteiger partial charge < -0.3 is 9.64 Å². The summed E-state index contributed by atoms with van der Waals surface area (Å²) in [5.74, 6) is -0.757. The summed E-state index contributed by atoms with van der Waals surface area (Å²) in [6.07, 6.45) is 1.72. The number of nitrogens with zero attached hydrogens (tertiary/aromatic N) is 2. The average Bonchev–Trinajstić information content (AvgIpc) is 3.20. The van der Waals surface area contributed by atoms with Gasteiger partial charge in [-0.25, -0.2) is 9.78 Å². The van der Waals surface area contributed by atoms with Crippen LogP contribution in [0, 0.1) is 0 Å². The minimum Gasteiger partial charge on any atom is -0.465 e. The molecule has 26 heavy (non-hydrogen) atoms. The topological polar surface area (TPSA) is 59.5 Å². The fraction of sp³-hybridized carbons (Fsp3) is 0.150. The Morgan fingerprint density at radius 3 is 2.35 bits per heavy atom. The minimum atomic E-state index is -0.525. The Morgan fingerprint density at radius 1 is 1.00 bits per heavy atom. The number of hydrogen-bond acceptors (Lipinski definition) is 5. The molecule has 3 rings (SSSR count). The predicted molar refractivity (Wildman–Crippen MR) is 99.9 cm³/mol. The molecule has 0 unspecified atom stereocenters. The van der Waals surface area contributed by atoms with E-state index < -0.39 is 5.97 Å². The van der Waals surface area contributed by atoms with Crippen molar-refractivity contribution < 1.29 is 14.3 Å². The number of thiazole rings is 1. The molecule has 2 aromatic carbocycles. The van der Waals surface area contributed by atoms with Crippen LogP contribution in [0.5, 0.6) is 0 Å². The summed E-state index contributed by atoms with van der Waals surface area (Å²) in [5, 5.41) is 2.72. The first-order valence-electron chi connectivity index (χ1n) is 8.08. The summed E-state index contributed by atoms with van der Waals surface area (Å²) in [7, 11) is 1.31. The first kappa shape index (κ1) is 17.8. The Kier molecular flexibility index (Phi) is 5.76. The molecule has 0 spiro atoms. The Balaban J connectivity index is 1.93. The number of amides is 1. The van der Waals surface area contributed by atoms with E-state index in [0.29, 0.717) is 18.7 Å². The molecule has 132 valence electrons. The van der Waals surface area contributed by atoms with Crippen LogP contribution in [0.25, 0.3) is 0 Å². The van der Waals surface area contributed by atoms with Crippen molar-refractivity contribution in [3.63, 3.8) is 0 Å². The van der Waals surface area contributed by atoms with Gasteiger partial charge in [0, 0.05) is 18.1 Å². The van der Waals surface area contributed by atoms with Crippen molar-refractivity contribution in [1.82, 2.24) is 9.88 Å². The average molecular weight is 366 g/mol. The molecule has 0 saturated carbocycles. The Hall–Kier alpha value is -2.99. The van der Waals surface area contributed by atoms with E-state index in [1.54, 1.807) is 35.4 Å². The summed E-state index contributed by atoms with van der Waals surface area (Å²) in [6.45, 7) is 0.801. The lowest BCUT2D eigenvalue weighted by Gasteiger charge is -2.23. The molecular formula is C20H18N2O3S. The van der Waals surface area contributed by atoms with Crippen LogP contribution < -0.4 is 0 Å². The summed E-state index contributed by atoms with van der Waals surface area (Å²) in [5.41, 5.74) is 1.59. The maximum absolute atomic E-state index is 13.2. The largest absolute Gasteiger partial charge is 0.465 e. The number of aromatic nitrogens is 1. The van der Waals surface area contributed by atoms with Gasteiger partial charge in [0.05, 0.1) is 24.8 Å². The molecule has 0 atom stereocenters. The second kappa shape index (κ2) is 8.40. The molecule has 1 heterocycles. The van der Waals surface area contributed by atoms with Crippen LogP contribution in [0.3, 0.4) is 0 Å². The van der Waals surface area contributed by atoms with Crippen molar-refractivity contribution >= 4 is 23.2 Å². The summed E-state index contributed by atoms with van der Waals surface area (Å²) in [6, 6.07) is 16.4. The van der Waals surface area contributed by atoms with Gasteiger partial charge in [0.25, 0.3) is 5.91 Å². The second-order valence-corrected chi connectivity index (χ2v) is 6.59. The van der Waals surface area contributed by atoms with E-state index in [1.807, 2.05) is 35.7 Å². The lowest BCUT2D eigenvalue weighted by Crippen LogP contribution is -2.31. The van der Waals surface area contributed by atoms with Crippen molar-refractivity contribution in [3.8, 4) is 0 Å². The third-order valence-corrected chi connectivity index (χ3v) is 4.64. The van der Waals surface area contributed by atoms with Gasteiger partial charge in [0.15, 0.2) is 0 Å². The van der Waals surface area contributed by atoms with E-state index in [4.69, 9.17) is 4.74 Å². The number of benzene rings is 2. The molecule has 0 N–H and O–H groups in total. The van der Waals surface area contributed by atoms with Gasteiger partial charge in [-0.1, -0.05) is 42.5 Å². The van der Waals surface area contributed by atoms with Gasteiger partial charge in [-0.05, 0) is 17.7 Å². The van der Waals surface area contributed by atoms with Crippen molar-refractivity contribution in [3.05, 3.63) is 87.9 Å².